The maximum atomic E-state index is 10.5. The molecule has 0 unspecified atom stereocenters. The number of benzene rings is 1. The monoisotopic (exact) mass is 195 g/mol. The van der Waals surface area contributed by atoms with Crippen LogP contribution in [0.25, 0.3) is 0 Å². The van der Waals surface area contributed by atoms with Crippen molar-refractivity contribution in [2.45, 2.75) is 6.92 Å². The van der Waals surface area contributed by atoms with E-state index in [1.165, 1.54) is 31.2 Å². The van der Waals surface area contributed by atoms with Gasteiger partial charge < -0.3 is 9.94 Å². The Labute approximate surface area is 80.3 Å². The van der Waals surface area contributed by atoms with Crippen LogP contribution < -0.4 is 5.48 Å². The first-order valence-corrected chi connectivity index (χ1v) is 3.86. The van der Waals surface area contributed by atoms with E-state index in [0.717, 1.165) is 0 Å². The van der Waals surface area contributed by atoms with Crippen LogP contribution in [0.4, 0.5) is 5.69 Å². The van der Waals surface area contributed by atoms with Gasteiger partial charge in [0.15, 0.2) is 0 Å². The van der Waals surface area contributed by atoms with Crippen molar-refractivity contribution in [3.8, 4) is 0 Å². The Hall–Kier alpha value is -2.04. The van der Waals surface area contributed by atoms with Crippen molar-refractivity contribution < 1.29 is 19.5 Å². The van der Waals surface area contributed by atoms with Gasteiger partial charge in [0.25, 0.3) is 0 Å². The molecular formula is C9H9NO4. The molecule has 0 heterocycles. The molecule has 74 valence electrons. The van der Waals surface area contributed by atoms with E-state index in [1.54, 1.807) is 0 Å². The summed E-state index contributed by atoms with van der Waals surface area (Å²) in [6, 6.07) is 5.83. The molecule has 0 aliphatic heterocycles. The van der Waals surface area contributed by atoms with Crippen molar-refractivity contribution in [3.05, 3.63) is 29.8 Å². The van der Waals surface area contributed by atoms with Gasteiger partial charge in [-0.2, -0.15) is 0 Å². The second kappa shape index (κ2) is 4.27. The average Bonchev–Trinajstić information content (AvgIpc) is 2.15. The van der Waals surface area contributed by atoms with Gasteiger partial charge in [0, 0.05) is 6.92 Å². The molecule has 0 aliphatic rings. The fourth-order valence-corrected chi connectivity index (χ4v) is 0.812. The third-order valence-corrected chi connectivity index (χ3v) is 1.44. The number of carboxylic acid groups (broad SMARTS) is 1. The molecule has 1 aromatic carbocycles. The molecule has 0 aliphatic carbocycles. The lowest BCUT2D eigenvalue weighted by atomic mass is 10.2. The lowest BCUT2D eigenvalue weighted by molar-refractivity contribution is -0.138. The molecule has 0 saturated carbocycles. The van der Waals surface area contributed by atoms with Gasteiger partial charge >= 0.3 is 11.9 Å². The summed E-state index contributed by atoms with van der Waals surface area (Å²) in [6.07, 6.45) is 0. The van der Waals surface area contributed by atoms with Crippen molar-refractivity contribution in [2.75, 3.05) is 5.48 Å². The molecule has 14 heavy (non-hydrogen) atoms. The van der Waals surface area contributed by atoms with Gasteiger partial charge in [0.1, 0.15) is 0 Å². The largest absolute Gasteiger partial charge is 0.478 e. The summed E-state index contributed by atoms with van der Waals surface area (Å²) in [5.74, 6) is -1.46. The Morgan fingerprint density at radius 1 is 1.29 bits per heavy atom. The van der Waals surface area contributed by atoms with Gasteiger partial charge in [-0.3, -0.25) is 4.79 Å². The van der Waals surface area contributed by atoms with Gasteiger partial charge in [-0.1, -0.05) is 0 Å². The van der Waals surface area contributed by atoms with E-state index in [1.807, 2.05) is 0 Å². The van der Waals surface area contributed by atoms with Crippen molar-refractivity contribution in [1.82, 2.24) is 0 Å². The van der Waals surface area contributed by atoms with Gasteiger partial charge in [0.2, 0.25) is 0 Å². The summed E-state index contributed by atoms with van der Waals surface area (Å²) in [7, 11) is 0. The van der Waals surface area contributed by atoms with E-state index in [-0.39, 0.29) is 5.56 Å². The fraction of sp³-hybridized carbons (Fsp3) is 0.111. The van der Waals surface area contributed by atoms with Crippen molar-refractivity contribution >= 4 is 17.6 Å². The molecule has 1 aromatic rings. The second-order valence-corrected chi connectivity index (χ2v) is 2.58. The standard InChI is InChI=1S/C9H9NO4/c1-6(11)14-10-8-4-2-7(3-5-8)9(12)13/h2-5,10H,1H3,(H,12,13). The second-order valence-electron chi connectivity index (χ2n) is 2.58. The Bertz CT molecular complexity index is 344. The third-order valence-electron chi connectivity index (χ3n) is 1.44. The van der Waals surface area contributed by atoms with Crippen LogP contribution >= 0.6 is 0 Å². The molecule has 2 N–H and O–H groups in total. The predicted molar refractivity (Wildman–Crippen MR) is 48.8 cm³/mol. The molecule has 0 fully saturated rings. The zero-order chi connectivity index (χ0) is 10.6. The molecule has 1 rings (SSSR count). The van der Waals surface area contributed by atoms with Gasteiger partial charge in [-0.25, -0.2) is 10.3 Å². The summed E-state index contributed by atoms with van der Waals surface area (Å²) in [6.45, 7) is 1.26. The molecule has 5 heteroatoms. The lowest BCUT2D eigenvalue weighted by Crippen LogP contribution is -2.06. The minimum absolute atomic E-state index is 0.179. The quantitative estimate of drug-likeness (QED) is 0.710. The molecule has 0 amide bonds. The van der Waals surface area contributed by atoms with Gasteiger partial charge in [0.05, 0.1) is 11.3 Å². The van der Waals surface area contributed by atoms with Crippen LogP contribution in [-0.2, 0) is 9.63 Å². The zero-order valence-corrected chi connectivity index (χ0v) is 7.48. The van der Waals surface area contributed by atoms with Crippen molar-refractivity contribution in [3.63, 3.8) is 0 Å². The number of carbonyl (C=O) groups is 2. The van der Waals surface area contributed by atoms with Crippen LogP contribution in [0.2, 0.25) is 0 Å². The summed E-state index contributed by atoms with van der Waals surface area (Å²) < 4.78 is 0. The van der Waals surface area contributed by atoms with Crippen LogP contribution in [0.3, 0.4) is 0 Å². The van der Waals surface area contributed by atoms with Gasteiger partial charge in [-0.15, -0.1) is 0 Å². The fourth-order valence-electron chi connectivity index (χ4n) is 0.812. The normalized spacial score (nSPS) is 9.21. The number of rotatable bonds is 3. The smallest absolute Gasteiger partial charge is 0.335 e. The van der Waals surface area contributed by atoms with Crippen molar-refractivity contribution in [2.24, 2.45) is 0 Å². The first-order chi connectivity index (χ1) is 6.59. The first-order valence-electron chi connectivity index (χ1n) is 3.86. The molecule has 0 bridgehead atoms. The number of hydrogen-bond acceptors (Lipinski definition) is 4. The third kappa shape index (κ3) is 2.78. The van der Waals surface area contributed by atoms with Crippen LogP contribution in [0, 0.1) is 0 Å². The van der Waals surface area contributed by atoms with E-state index in [4.69, 9.17) is 5.11 Å². The Morgan fingerprint density at radius 3 is 2.29 bits per heavy atom. The van der Waals surface area contributed by atoms with E-state index >= 15 is 0 Å². The number of carbonyl (C=O) groups excluding carboxylic acids is 1. The maximum Gasteiger partial charge on any atom is 0.335 e. The minimum atomic E-state index is -0.996. The summed E-state index contributed by atoms with van der Waals surface area (Å²) >= 11 is 0. The number of aromatic carboxylic acids is 1. The number of hydrogen-bond donors (Lipinski definition) is 2. The van der Waals surface area contributed by atoms with E-state index in [9.17, 15) is 9.59 Å². The van der Waals surface area contributed by atoms with Crippen LogP contribution in [0.15, 0.2) is 24.3 Å². The molecule has 0 spiro atoms. The Morgan fingerprint density at radius 2 is 1.86 bits per heavy atom. The van der Waals surface area contributed by atoms with Crippen LogP contribution in [0.5, 0.6) is 0 Å². The van der Waals surface area contributed by atoms with Gasteiger partial charge in [-0.05, 0) is 24.3 Å². The van der Waals surface area contributed by atoms with Crippen molar-refractivity contribution in [1.29, 1.82) is 0 Å². The predicted octanol–water partition coefficient (Wildman–Crippen LogP) is 1.27. The number of carboxylic acids is 1. The molecule has 0 saturated heterocycles. The topological polar surface area (TPSA) is 75.6 Å². The number of anilines is 1. The first kappa shape index (κ1) is 10.0. The maximum absolute atomic E-state index is 10.5. The SMILES string of the molecule is CC(=O)ONc1ccc(C(=O)O)cc1. The molecule has 0 aromatic heterocycles. The van der Waals surface area contributed by atoms with E-state index in [0.29, 0.717) is 5.69 Å². The minimum Gasteiger partial charge on any atom is -0.478 e. The molecular weight excluding hydrogens is 186 g/mol. The Balaban J connectivity index is 2.64. The van der Waals surface area contributed by atoms with Crippen LogP contribution in [0.1, 0.15) is 17.3 Å². The average molecular weight is 195 g/mol. The Kier molecular flexibility index (Phi) is 3.06. The van der Waals surface area contributed by atoms with Crippen LogP contribution in [-0.4, -0.2) is 17.0 Å². The van der Waals surface area contributed by atoms with E-state index in [2.05, 4.69) is 10.3 Å². The summed E-state index contributed by atoms with van der Waals surface area (Å²) in [5, 5.41) is 8.59. The highest BCUT2D eigenvalue weighted by atomic mass is 16.7. The highest BCUT2D eigenvalue weighted by Crippen LogP contribution is 2.09. The summed E-state index contributed by atoms with van der Waals surface area (Å²) in [4.78, 5) is 25.4. The zero-order valence-electron chi connectivity index (χ0n) is 7.48. The highest BCUT2D eigenvalue weighted by molar-refractivity contribution is 5.88. The molecule has 0 atom stereocenters. The molecule has 5 nitrogen and oxygen atoms in total. The van der Waals surface area contributed by atoms with E-state index < -0.39 is 11.9 Å². The highest BCUT2D eigenvalue weighted by Gasteiger charge is 2.01. The number of nitrogens with one attached hydrogen (secondary N) is 1. The summed E-state index contributed by atoms with van der Waals surface area (Å²) in [5.41, 5.74) is 3.07. The molecule has 0 radical (unpaired) electrons. The lowest BCUT2D eigenvalue weighted by Gasteiger charge is -2.04.